The Morgan fingerprint density at radius 1 is 1.35 bits per heavy atom. The summed E-state index contributed by atoms with van der Waals surface area (Å²) >= 11 is 0. The van der Waals surface area contributed by atoms with Crippen molar-refractivity contribution in [1.29, 1.82) is 0 Å². The van der Waals surface area contributed by atoms with Gasteiger partial charge in [-0.3, -0.25) is 4.79 Å². The second kappa shape index (κ2) is 6.28. The lowest BCUT2D eigenvalue weighted by Crippen LogP contribution is -2.32. The quantitative estimate of drug-likeness (QED) is 0.945. The molecule has 2 aromatic rings. The average Bonchev–Trinajstić information content (AvgIpc) is 2.57. The summed E-state index contributed by atoms with van der Waals surface area (Å²) < 4.78 is 24.8. The minimum absolute atomic E-state index is 0.200. The standard InChI is InChI=1S/C18H18FNO3/c1-11-4-3-5-15(17(11)19)20-18(21)13-8-12-9-14(22-2)6-7-16(12)23-10-13/h3-7,9,13H,8,10H2,1-2H3,(H,20,21). The van der Waals surface area contributed by atoms with Gasteiger partial charge in [-0.25, -0.2) is 4.39 Å². The normalized spacial score (nSPS) is 16.2. The first kappa shape index (κ1) is 15.3. The summed E-state index contributed by atoms with van der Waals surface area (Å²) in [6.45, 7) is 1.94. The molecule has 120 valence electrons. The maximum Gasteiger partial charge on any atom is 0.231 e. The number of hydrogen-bond donors (Lipinski definition) is 1. The van der Waals surface area contributed by atoms with Crippen LogP contribution < -0.4 is 14.8 Å². The van der Waals surface area contributed by atoms with E-state index in [0.29, 0.717) is 12.0 Å². The number of hydrogen-bond acceptors (Lipinski definition) is 3. The van der Waals surface area contributed by atoms with Crippen molar-refractivity contribution in [3.63, 3.8) is 0 Å². The molecular weight excluding hydrogens is 297 g/mol. The molecular formula is C18H18FNO3. The first-order chi connectivity index (χ1) is 11.1. The van der Waals surface area contributed by atoms with Crippen LogP contribution in [0.15, 0.2) is 36.4 Å². The van der Waals surface area contributed by atoms with Crippen LogP contribution in [0.3, 0.4) is 0 Å². The zero-order valence-corrected chi connectivity index (χ0v) is 13.1. The fourth-order valence-corrected chi connectivity index (χ4v) is 2.65. The minimum atomic E-state index is -0.403. The van der Waals surface area contributed by atoms with Gasteiger partial charge < -0.3 is 14.8 Å². The summed E-state index contributed by atoms with van der Waals surface area (Å²) in [5.74, 6) is 0.465. The molecule has 5 heteroatoms. The topological polar surface area (TPSA) is 47.6 Å². The molecule has 1 amide bonds. The van der Waals surface area contributed by atoms with Gasteiger partial charge in [0.25, 0.3) is 0 Å². The first-order valence-corrected chi connectivity index (χ1v) is 7.44. The molecule has 0 bridgehead atoms. The first-order valence-electron chi connectivity index (χ1n) is 7.44. The van der Waals surface area contributed by atoms with Crippen LogP contribution >= 0.6 is 0 Å². The van der Waals surface area contributed by atoms with E-state index in [4.69, 9.17) is 9.47 Å². The third kappa shape index (κ3) is 3.13. The number of benzene rings is 2. The zero-order valence-electron chi connectivity index (χ0n) is 13.1. The summed E-state index contributed by atoms with van der Waals surface area (Å²) in [5.41, 5.74) is 1.62. The number of amides is 1. The maximum atomic E-state index is 14.0. The molecule has 1 aliphatic rings. The summed E-state index contributed by atoms with van der Waals surface area (Å²) in [5, 5.41) is 2.65. The van der Waals surface area contributed by atoms with Gasteiger partial charge in [-0.05, 0) is 48.7 Å². The third-order valence-corrected chi connectivity index (χ3v) is 3.99. The van der Waals surface area contributed by atoms with Crippen LogP contribution in [-0.4, -0.2) is 19.6 Å². The van der Waals surface area contributed by atoms with Crippen molar-refractivity contribution < 1.29 is 18.7 Å². The van der Waals surface area contributed by atoms with Crippen LogP contribution in [0.4, 0.5) is 10.1 Å². The van der Waals surface area contributed by atoms with Crippen molar-refractivity contribution >= 4 is 11.6 Å². The van der Waals surface area contributed by atoms with E-state index >= 15 is 0 Å². The Morgan fingerprint density at radius 3 is 2.96 bits per heavy atom. The van der Waals surface area contributed by atoms with Crippen LogP contribution in [0.2, 0.25) is 0 Å². The highest BCUT2D eigenvalue weighted by Crippen LogP contribution is 2.31. The Morgan fingerprint density at radius 2 is 2.17 bits per heavy atom. The van der Waals surface area contributed by atoms with Gasteiger partial charge in [0.2, 0.25) is 5.91 Å². The van der Waals surface area contributed by atoms with Gasteiger partial charge in [0.05, 0.1) is 18.7 Å². The molecule has 1 aliphatic heterocycles. The van der Waals surface area contributed by atoms with Crippen molar-refractivity contribution in [3.05, 3.63) is 53.3 Å². The van der Waals surface area contributed by atoms with Crippen LogP contribution in [-0.2, 0) is 11.2 Å². The average molecular weight is 315 g/mol. The monoisotopic (exact) mass is 315 g/mol. The van der Waals surface area contributed by atoms with Gasteiger partial charge in [-0.1, -0.05) is 12.1 Å². The predicted octanol–water partition coefficient (Wildman–Crippen LogP) is 3.33. The highest BCUT2D eigenvalue weighted by Gasteiger charge is 2.27. The van der Waals surface area contributed by atoms with Crippen LogP contribution in [0.5, 0.6) is 11.5 Å². The number of fused-ring (bicyclic) bond motifs is 1. The van der Waals surface area contributed by atoms with Gasteiger partial charge in [-0.15, -0.1) is 0 Å². The molecule has 0 aromatic heterocycles. The van der Waals surface area contributed by atoms with Crippen molar-refractivity contribution in [1.82, 2.24) is 0 Å². The van der Waals surface area contributed by atoms with Crippen LogP contribution in [0.1, 0.15) is 11.1 Å². The highest BCUT2D eigenvalue weighted by molar-refractivity contribution is 5.93. The van der Waals surface area contributed by atoms with E-state index in [0.717, 1.165) is 17.1 Å². The van der Waals surface area contributed by atoms with E-state index in [1.54, 1.807) is 32.2 Å². The van der Waals surface area contributed by atoms with Gasteiger partial charge in [-0.2, -0.15) is 0 Å². The molecule has 3 rings (SSSR count). The summed E-state index contributed by atoms with van der Waals surface area (Å²) in [6.07, 6.45) is 0.534. The molecule has 1 atom stereocenters. The second-order valence-corrected chi connectivity index (χ2v) is 5.61. The van der Waals surface area contributed by atoms with Crippen LogP contribution in [0.25, 0.3) is 0 Å². The van der Waals surface area contributed by atoms with Crippen molar-refractivity contribution in [2.75, 3.05) is 19.0 Å². The molecule has 0 spiro atoms. The van der Waals surface area contributed by atoms with Gasteiger partial charge in [0.1, 0.15) is 23.9 Å². The summed E-state index contributed by atoms with van der Waals surface area (Å²) in [4.78, 5) is 12.4. The number of aryl methyl sites for hydroxylation is 1. The van der Waals surface area contributed by atoms with Crippen LogP contribution in [0, 0.1) is 18.7 Å². The lowest BCUT2D eigenvalue weighted by molar-refractivity contribution is -0.121. The second-order valence-electron chi connectivity index (χ2n) is 5.61. The number of carbonyl (C=O) groups excluding carboxylic acids is 1. The number of carbonyl (C=O) groups is 1. The molecule has 0 fully saturated rings. The van der Waals surface area contributed by atoms with E-state index in [1.807, 2.05) is 18.2 Å². The molecule has 2 aromatic carbocycles. The molecule has 0 aliphatic carbocycles. The molecule has 4 nitrogen and oxygen atoms in total. The molecule has 1 heterocycles. The Labute approximate surface area is 134 Å². The summed E-state index contributed by atoms with van der Waals surface area (Å²) in [6, 6.07) is 10.5. The van der Waals surface area contributed by atoms with E-state index < -0.39 is 5.82 Å². The predicted molar refractivity (Wildman–Crippen MR) is 85.4 cm³/mol. The number of methoxy groups -OCH3 is 1. The highest BCUT2D eigenvalue weighted by atomic mass is 19.1. The van der Waals surface area contributed by atoms with E-state index in [1.165, 1.54) is 0 Å². The molecule has 0 saturated heterocycles. The van der Waals surface area contributed by atoms with Gasteiger partial charge >= 0.3 is 0 Å². The number of rotatable bonds is 3. The molecule has 0 radical (unpaired) electrons. The molecule has 1 N–H and O–H groups in total. The zero-order chi connectivity index (χ0) is 16.4. The van der Waals surface area contributed by atoms with Crippen molar-refractivity contribution in [3.8, 4) is 11.5 Å². The van der Waals surface area contributed by atoms with Gasteiger partial charge in [0.15, 0.2) is 0 Å². The van der Waals surface area contributed by atoms with E-state index in [9.17, 15) is 9.18 Å². The number of ether oxygens (including phenoxy) is 2. The number of halogens is 1. The SMILES string of the molecule is COc1ccc2c(c1)CC(C(=O)Nc1cccc(C)c1F)CO2. The Kier molecular flexibility index (Phi) is 4.19. The third-order valence-electron chi connectivity index (χ3n) is 3.99. The Hall–Kier alpha value is -2.56. The largest absolute Gasteiger partial charge is 0.497 e. The van der Waals surface area contributed by atoms with Crippen molar-refractivity contribution in [2.45, 2.75) is 13.3 Å². The number of anilines is 1. The van der Waals surface area contributed by atoms with Gasteiger partial charge in [0, 0.05) is 0 Å². The number of nitrogens with one attached hydrogen (secondary N) is 1. The Balaban J connectivity index is 1.75. The maximum absolute atomic E-state index is 14.0. The fourth-order valence-electron chi connectivity index (χ4n) is 2.65. The van der Waals surface area contributed by atoms with E-state index in [2.05, 4.69) is 5.32 Å². The fraction of sp³-hybridized carbons (Fsp3) is 0.278. The lowest BCUT2D eigenvalue weighted by Gasteiger charge is -2.25. The lowest BCUT2D eigenvalue weighted by atomic mass is 9.95. The van der Waals surface area contributed by atoms with Crippen molar-refractivity contribution in [2.24, 2.45) is 5.92 Å². The summed E-state index contributed by atoms with van der Waals surface area (Å²) in [7, 11) is 1.59. The minimum Gasteiger partial charge on any atom is -0.497 e. The smallest absolute Gasteiger partial charge is 0.231 e. The molecule has 1 unspecified atom stereocenters. The van der Waals surface area contributed by atoms with E-state index in [-0.39, 0.29) is 24.1 Å². The molecule has 0 saturated carbocycles. The Bertz CT molecular complexity index is 745. The molecule has 23 heavy (non-hydrogen) atoms.